The standard InChI is InChI=1S/C14H16.2CHNO/c1-14(2)11-7-6-10-13(14)12-8-4-3-5-9-12;2*2-1-3/h3-10H,11H2,1-2H3;2*2H. The fourth-order valence-electron chi connectivity index (χ4n) is 1.97. The predicted octanol–water partition coefficient (Wildman–Crippen LogP) is 3.86. The van der Waals surface area contributed by atoms with Gasteiger partial charge in [0.2, 0.25) is 12.2 Å². The van der Waals surface area contributed by atoms with Crippen LogP contribution in [0, 0.1) is 16.2 Å². The van der Waals surface area contributed by atoms with Crippen LogP contribution in [0.4, 0.5) is 0 Å². The van der Waals surface area contributed by atoms with Crippen molar-refractivity contribution >= 4 is 17.7 Å². The minimum atomic E-state index is 0.274. The van der Waals surface area contributed by atoms with Gasteiger partial charge in [-0.05, 0) is 23.0 Å². The van der Waals surface area contributed by atoms with E-state index in [-0.39, 0.29) is 5.41 Å². The number of carbonyl (C=O) groups excluding carboxylic acids is 2. The molecule has 0 aliphatic heterocycles. The predicted molar refractivity (Wildman–Crippen MR) is 78.8 cm³/mol. The lowest BCUT2D eigenvalue weighted by Gasteiger charge is -2.29. The largest absolute Gasteiger partial charge is 0.231 e. The zero-order valence-corrected chi connectivity index (χ0v) is 11.6. The summed E-state index contributed by atoms with van der Waals surface area (Å²) in [4.78, 5) is 16.7. The van der Waals surface area contributed by atoms with Crippen molar-refractivity contribution in [3.8, 4) is 0 Å². The molecular formula is C16H18N2O2. The molecule has 20 heavy (non-hydrogen) atoms. The number of allylic oxidation sites excluding steroid dienone is 4. The third-order valence-corrected chi connectivity index (χ3v) is 2.84. The summed E-state index contributed by atoms with van der Waals surface area (Å²) in [7, 11) is 0. The number of benzene rings is 1. The van der Waals surface area contributed by atoms with Crippen LogP contribution in [-0.2, 0) is 9.59 Å². The lowest BCUT2D eigenvalue weighted by atomic mass is 9.75. The molecule has 104 valence electrons. The molecule has 1 aliphatic rings. The van der Waals surface area contributed by atoms with E-state index in [4.69, 9.17) is 20.4 Å². The van der Waals surface area contributed by atoms with Crippen molar-refractivity contribution in [1.29, 1.82) is 10.8 Å². The van der Waals surface area contributed by atoms with Crippen molar-refractivity contribution in [3.05, 3.63) is 54.1 Å². The Kier molecular flexibility index (Phi) is 8.20. The molecule has 0 atom stereocenters. The van der Waals surface area contributed by atoms with Gasteiger partial charge in [-0.25, -0.2) is 20.4 Å². The number of hydrogen-bond acceptors (Lipinski definition) is 4. The first kappa shape index (κ1) is 17.5. The van der Waals surface area contributed by atoms with Gasteiger partial charge in [-0.15, -0.1) is 0 Å². The van der Waals surface area contributed by atoms with Crippen molar-refractivity contribution < 1.29 is 9.59 Å². The Morgan fingerprint density at radius 2 is 1.55 bits per heavy atom. The Morgan fingerprint density at radius 3 is 2.00 bits per heavy atom. The average Bonchev–Trinajstić information content (AvgIpc) is 2.41. The molecule has 0 amide bonds. The highest BCUT2D eigenvalue weighted by molar-refractivity contribution is 5.72. The maximum Gasteiger partial charge on any atom is 0.231 e. The first-order chi connectivity index (χ1) is 9.53. The van der Waals surface area contributed by atoms with E-state index in [1.54, 1.807) is 0 Å². The van der Waals surface area contributed by atoms with Gasteiger partial charge in [0.15, 0.2) is 0 Å². The van der Waals surface area contributed by atoms with E-state index >= 15 is 0 Å². The normalized spacial score (nSPS) is 14.2. The van der Waals surface area contributed by atoms with Crippen LogP contribution in [0.5, 0.6) is 0 Å². The molecule has 0 fully saturated rings. The number of isocyanates is 2. The zero-order chi connectivity index (χ0) is 15.4. The van der Waals surface area contributed by atoms with Crippen molar-refractivity contribution in [2.75, 3.05) is 0 Å². The van der Waals surface area contributed by atoms with E-state index in [0.29, 0.717) is 0 Å². The van der Waals surface area contributed by atoms with Gasteiger partial charge in [0.05, 0.1) is 0 Å². The Labute approximate surface area is 118 Å². The molecule has 2 rings (SSSR count). The average molecular weight is 270 g/mol. The van der Waals surface area contributed by atoms with E-state index in [1.165, 1.54) is 11.1 Å². The Morgan fingerprint density at radius 1 is 1.05 bits per heavy atom. The molecule has 0 spiro atoms. The highest BCUT2D eigenvalue weighted by Crippen LogP contribution is 2.39. The second-order valence-electron chi connectivity index (χ2n) is 4.67. The van der Waals surface area contributed by atoms with Crippen LogP contribution in [0.15, 0.2) is 48.6 Å². The Bertz CT molecular complexity index is 519. The van der Waals surface area contributed by atoms with Crippen LogP contribution >= 0.6 is 0 Å². The van der Waals surface area contributed by atoms with Crippen LogP contribution in [0.25, 0.3) is 5.57 Å². The lowest BCUT2D eigenvalue weighted by Crippen LogP contribution is -2.14. The van der Waals surface area contributed by atoms with Gasteiger partial charge in [-0.2, -0.15) is 0 Å². The maximum atomic E-state index is 8.35. The van der Waals surface area contributed by atoms with Gasteiger partial charge in [-0.3, -0.25) is 0 Å². The minimum Gasteiger partial charge on any atom is -0.222 e. The highest BCUT2D eigenvalue weighted by atomic mass is 16.1. The summed E-state index contributed by atoms with van der Waals surface area (Å²) >= 11 is 0. The maximum absolute atomic E-state index is 8.35. The molecule has 0 heterocycles. The lowest BCUT2D eigenvalue weighted by molar-refractivity contribution is 0.506. The third-order valence-electron chi connectivity index (χ3n) is 2.84. The molecule has 4 heteroatoms. The highest BCUT2D eigenvalue weighted by Gasteiger charge is 2.24. The van der Waals surface area contributed by atoms with Crippen molar-refractivity contribution in [2.45, 2.75) is 20.3 Å². The monoisotopic (exact) mass is 270 g/mol. The van der Waals surface area contributed by atoms with Crippen LogP contribution in [0.2, 0.25) is 0 Å². The summed E-state index contributed by atoms with van der Waals surface area (Å²) in [6.45, 7) is 4.60. The van der Waals surface area contributed by atoms with E-state index in [0.717, 1.165) is 18.6 Å². The number of nitrogens with one attached hydrogen (secondary N) is 2. The summed E-state index contributed by atoms with van der Waals surface area (Å²) in [5.74, 6) is 0. The van der Waals surface area contributed by atoms with E-state index in [9.17, 15) is 0 Å². The molecule has 1 aromatic carbocycles. The molecule has 4 nitrogen and oxygen atoms in total. The van der Waals surface area contributed by atoms with E-state index in [2.05, 4.69) is 62.4 Å². The molecule has 0 bridgehead atoms. The van der Waals surface area contributed by atoms with Gasteiger partial charge < -0.3 is 0 Å². The topological polar surface area (TPSA) is 81.8 Å². The van der Waals surface area contributed by atoms with Gasteiger partial charge in [-0.1, -0.05) is 62.4 Å². The van der Waals surface area contributed by atoms with Crippen molar-refractivity contribution in [2.24, 2.45) is 5.41 Å². The summed E-state index contributed by atoms with van der Waals surface area (Å²) in [5, 5.41) is 10.8. The second-order valence-corrected chi connectivity index (χ2v) is 4.67. The van der Waals surface area contributed by atoms with Gasteiger partial charge in [0.1, 0.15) is 0 Å². The fourth-order valence-corrected chi connectivity index (χ4v) is 1.97. The molecule has 0 radical (unpaired) electrons. The van der Waals surface area contributed by atoms with Crippen LogP contribution < -0.4 is 0 Å². The van der Waals surface area contributed by atoms with Crippen molar-refractivity contribution in [3.63, 3.8) is 0 Å². The first-order valence-corrected chi connectivity index (χ1v) is 6.04. The third kappa shape index (κ3) is 5.87. The summed E-state index contributed by atoms with van der Waals surface area (Å²) in [5.41, 5.74) is 3.07. The second kappa shape index (κ2) is 9.40. The van der Waals surface area contributed by atoms with E-state index in [1.807, 2.05) is 0 Å². The molecule has 0 unspecified atom stereocenters. The van der Waals surface area contributed by atoms with Crippen LogP contribution in [-0.4, -0.2) is 12.2 Å². The zero-order valence-electron chi connectivity index (χ0n) is 11.6. The van der Waals surface area contributed by atoms with Crippen molar-refractivity contribution in [1.82, 2.24) is 0 Å². The van der Waals surface area contributed by atoms with Crippen LogP contribution in [0.3, 0.4) is 0 Å². The quantitative estimate of drug-likeness (QED) is 0.600. The molecular weight excluding hydrogens is 252 g/mol. The SMILES string of the molecule is CC1(C)CC=CC=C1c1ccccc1.N=C=O.N=C=O. The van der Waals surface area contributed by atoms with Gasteiger partial charge >= 0.3 is 0 Å². The summed E-state index contributed by atoms with van der Waals surface area (Å²) in [6.07, 6.45) is 9.27. The smallest absolute Gasteiger partial charge is 0.222 e. The molecule has 0 aromatic heterocycles. The molecule has 1 aliphatic carbocycles. The molecule has 1 aromatic rings. The van der Waals surface area contributed by atoms with Gasteiger partial charge in [0.25, 0.3) is 0 Å². The number of rotatable bonds is 1. The Balaban J connectivity index is 0.000000520. The van der Waals surface area contributed by atoms with E-state index < -0.39 is 0 Å². The minimum absolute atomic E-state index is 0.274. The fraction of sp³-hybridized carbons (Fsp3) is 0.250. The summed E-state index contributed by atoms with van der Waals surface area (Å²) < 4.78 is 0. The molecule has 0 saturated heterocycles. The number of hydrogen-bond donors (Lipinski definition) is 2. The molecule has 0 saturated carbocycles. The first-order valence-electron chi connectivity index (χ1n) is 6.04. The molecule has 2 N–H and O–H groups in total. The summed E-state index contributed by atoms with van der Waals surface area (Å²) in [6, 6.07) is 10.6. The van der Waals surface area contributed by atoms with Crippen LogP contribution in [0.1, 0.15) is 25.8 Å². The Hall–Kier alpha value is -2.54. The van der Waals surface area contributed by atoms with Gasteiger partial charge in [0, 0.05) is 0 Å².